The van der Waals surface area contributed by atoms with Crippen molar-refractivity contribution in [3.05, 3.63) is 5.82 Å². The molecule has 0 aliphatic carbocycles. The highest BCUT2D eigenvalue weighted by Crippen LogP contribution is 2.26. The molecule has 1 aromatic rings. The maximum Gasteiger partial charge on any atom is 0.451 e. The van der Waals surface area contributed by atoms with E-state index in [-0.39, 0.29) is 0 Å². The van der Waals surface area contributed by atoms with Crippen LogP contribution in [0.25, 0.3) is 0 Å². The molecule has 13 heavy (non-hydrogen) atoms. The van der Waals surface area contributed by atoms with Gasteiger partial charge in [0, 0.05) is 0 Å². The van der Waals surface area contributed by atoms with Crippen molar-refractivity contribution < 1.29 is 17.9 Å². The first-order valence-corrected chi connectivity index (χ1v) is 3.06. The van der Waals surface area contributed by atoms with E-state index in [4.69, 9.17) is 5.73 Å². The Morgan fingerprint density at radius 2 is 1.85 bits per heavy atom. The number of ether oxygens (including phenoxy) is 1. The third-order valence-corrected chi connectivity index (χ3v) is 1.07. The molecule has 0 saturated carbocycles. The Balaban J connectivity index is 3.16. The summed E-state index contributed by atoms with van der Waals surface area (Å²) in [5, 5.41) is 0. The zero-order chi connectivity index (χ0) is 10.1. The molecule has 0 fully saturated rings. The number of methoxy groups -OCH3 is 1. The van der Waals surface area contributed by atoms with E-state index in [1.165, 1.54) is 0 Å². The smallest absolute Gasteiger partial charge is 0.451 e. The van der Waals surface area contributed by atoms with Crippen molar-refractivity contribution in [2.75, 3.05) is 12.8 Å². The number of halogens is 3. The molecule has 0 aromatic carbocycles. The number of aromatic nitrogens is 3. The highest BCUT2D eigenvalue weighted by molar-refractivity contribution is 5.18. The van der Waals surface area contributed by atoms with Gasteiger partial charge in [0.15, 0.2) is 0 Å². The second-order valence-electron chi connectivity index (χ2n) is 2.00. The number of nitrogens with two attached hydrogens (primary N) is 1. The van der Waals surface area contributed by atoms with Gasteiger partial charge in [-0.2, -0.15) is 28.1 Å². The minimum atomic E-state index is -4.65. The van der Waals surface area contributed by atoms with E-state index in [0.717, 1.165) is 7.11 Å². The zero-order valence-electron chi connectivity index (χ0n) is 6.46. The van der Waals surface area contributed by atoms with E-state index < -0.39 is 24.0 Å². The van der Waals surface area contributed by atoms with Crippen molar-refractivity contribution >= 4 is 5.95 Å². The van der Waals surface area contributed by atoms with Crippen LogP contribution in [0.3, 0.4) is 0 Å². The lowest BCUT2D eigenvalue weighted by molar-refractivity contribution is -0.145. The van der Waals surface area contributed by atoms with Gasteiger partial charge in [0.25, 0.3) is 0 Å². The summed E-state index contributed by atoms with van der Waals surface area (Å²) >= 11 is 0. The zero-order valence-corrected chi connectivity index (χ0v) is 6.46. The molecular formula is C5H5F3N4O. The van der Waals surface area contributed by atoms with Gasteiger partial charge in [-0.05, 0) is 0 Å². The van der Waals surface area contributed by atoms with Gasteiger partial charge in [-0.15, -0.1) is 0 Å². The molecule has 0 radical (unpaired) electrons. The van der Waals surface area contributed by atoms with Crippen LogP contribution in [-0.2, 0) is 6.18 Å². The summed E-state index contributed by atoms with van der Waals surface area (Å²) in [5.74, 6) is -1.89. The molecule has 5 nitrogen and oxygen atoms in total. The van der Waals surface area contributed by atoms with Crippen LogP contribution in [0.1, 0.15) is 5.82 Å². The van der Waals surface area contributed by atoms with Gasteiger partial charge in [0.1, 0.15) is 0 Å². The molecule has 0 unspecified atom stereocenters. The van der Waals surface area contributed by atoms with Crippen LogP contribution in [0.2, 0.25) is 0 Å². The monoisotopic (exact) mass is 194 g/mol. The summed E-state index contributed by atoms with van der Waals surface area (Å²) in [4.78, 5) is 9.18. The standard InChI is InChI=1S/C5H5F3N4O/c1-13-4-11-2(5(6,7)8)10-3(9)12-4/h1H3,(H2,9,10,11,12). The van der Waals surface area contributed by atoms with Crippen LogP contribution in [0.4, 0.5) is 19.1 Å². The summed E-state index contributed by atoms with van der Waals surface area (Å²) in [7, 11) is 1.13. The molecule has 0 bridgehead atoms. The molecule has 0 saturated heterocycles. The van der Waals surface area contributed by atoms with Gasteiger partial charge in [0.2, 0.25) is 11.8 Å². The normalized spacial score (nSPS) is 11.4. The van der Waals surface area contributed by atoms with Crippen molar-refractivity contribution in [1.29, 1.82) is 0 Å². The summed E-state index contributed by atoms with van der Waals surface area (Å²) in [6.45, 7) is 0. The molecule has 0 aliphatic heterocycles. The first-order valence-electron chi connectivity index (χ1n) is 3.06. The molecule has 0 amide bonds. The van der Waals surface area contributed by atoms with Gasteiger partial charge in [0.05, 0.1) is 7.11 Å². The highest BCUT2D eigenvalue weighted by Gasteiger charge is 2.35. The van der Waals surface area contributed by atoms with Gasteiger partial charge in [-0.1, -0.05) is 0 Å². The van der Waals surface area contributed by atoms with Crippen LogP contribution < -0.4 is 10.5 Å². The number of nitrogen functional groups attached to an aromatic ring is 1. The van der Waals surface area contributed by atoms with Gasteiger partial charge >= 0.3 is 12.2 Å². The number of rotatable bonds is 1. The predicted molar refractivity (Wildman–Crippen MR) is 35.8 cm³/mol. The average Bonchev–Trinajstić information content (AvgIpc) is 2.01. The second kappa shape index (κ2) is 3.04. The molecule has 0 spiro atoms. The molecule has 0 aliphatic rings. The first-order chi connectivity index (χ1) is 5.93. The number of hydrogen-bond acceptors (Lipinski definition) is 5. The van der Waals surface area contributed by atoms with Crippen molar-refractivity contribution in [1.82, 2.24) is 15.0 Å². The summed E-state index contributed by atoms with van der Waals surface area (Å²) in [6, 6.07) is -0.458. The molecule has 72 valence electrons. The third-order valence-electron chi connectivity index (χ3n) is 1.07. The molecule has 1 heterocycles. The average molecular weight is 194 g/mol. The van der Waals surface area contributed by atoms with Gasteiger partial charge in [-0.25, -0.2) is 0 Å². The van der Waals surface area contributed by atoms with Gasteiger partial charge < -0.3 is 10.5 Å². The highest BCUT2D eigenvalue weighted by atomic mass is 19.4. The number of hydrogen-bond donors (Lipinski definition) is 1. The van der Waals surface area contributed by atoms with Crippen LogP contribution in [0.15, 0.2) is 0 Å². The Labute approximate surface area is 70.8 Å². The SMILES string of the molecule is COc1nc(N)nc(C(F)(F)F)n1. The molecule has 8 heteroatoms. The largest absolute Gasteiger partial charge is 0.467 e. The van der Waals surface area contributed by atoms with Crippen molar-refractivity contribution in [3.8, 4) is 6.01 Å². The third kappa shape index (κ3) is 2.17. The quantitative estimate of drug-likeness (QED) is 0.703. The summed E-state index contributed by atoms with van der Waals surface area (Å²) in [5.41, 5.74) is 4.99. The fourth-order valence-electron chi connectivity index (χ4n) is 0.590. The second-order valence-corrected chi connectivity index (χ2v) is 2.00. The molecular weight excluding hydrogens is 189 g/mol. The number of anilines is 1. The topological polar surface area (TPSA) is 73.9 Å². The maximum atomic E-state index is 12.0. The number of nitrogens with zero attached hydrogens (tertiary/aromatic N) is 3. The van der Waals surface area contributed by atoms with Crippen LogP contribution in [0.5, 0.6) is 6.01 Å². The fourth-order valence-corrected chi connectivity index (χ4v) is 0.590. The Morgan fingerprint density at radius 3 is 2.31 bits per heavy atom. The van der Waals surface area contributed by atoms with E-state index >= 15 is 0 Å². The Kier molecular flexibility index (Phi) is 2.22. The Hall–Kier alpha value is -1.60. The first kappa shape index (κ1) is 9.49. The molecule has 2 N–H and O–H groups in total. The van der Waals surface area contributed by atoms with Crippen LogP contribution in [-0.4, -0.2) is 22.1 Å². The van der Waals surface area contributed by atoms with Crippen LogP contribution >= 0.6 is 0 Å². The lowest BCUT2D eigenvalue weighted by Gasteiger charge is -2.05. The van der Waals surface area contributed by atoms with Crippen molar-refractivity contribution in [3.63, 3.8) is 0 Å². The lowest BCUT2D eigenvalue weighted by atomic mass is 10.6. The minimum absolute atomic E-state index is 0.458. The predicted octanol–water partition coefficient (Wildman–Crippen LogP) is 0.481. The number of alkyl halides is 3. The molecule has 1 rings (SSSR count). The van der Waals surface area contributed by atoms with E-state index in [2.05, 4.69) is 19.7 Å². The molecule has 0 atom stereocenters. The van der Waals surface area contributed by atoms with E-state index in [1.807, 2.05) is 0 Å². The minimum Gasteiger partial charge on any atom is -0.467 e. The van der Waals surface area contributed by atoms with Crippen molar-refractivity contribution in [2.24, 2.45) is 0 Å². The Bertz CT molecular complexity index is 313. The van der Waals surface area contributed by atoms with E-state index in [0.29, 0.717) is 0 Å². The van der Waals surface area contributed by atoms with Gasteiger partial charge in [-0.3, -0.25) is 0 Å². The van der Waals surface area contributed by atoms with E-state index in [1.54, 1.807) is 0 Å². The summed E-state index contributed by atoms with van der Waals surface area (Å²) in [6.07, 6.45) is -4.65. The maximum absolute atomic E-state index is 12.0. The molecule has 1 aromatic heterocycles. The van der Waals surface area contributed by atoms with E-state index in [9.17, 15) is 13.2 Å². The Morgan fingerprint density at radius 1 is 1.23 bits per heavy atom. The summed E-state index contributed by atoms with van der Waals surface area (Å²) < 4.78 is 40.4. The fraction of sp³-hybridized carbons (Fsp3) is 0.400. The lowest BCUT2D eigenvalue weighted by Crippen LogP contribution is -2.14. The van der Waals surface area contributed by atoms with Crippen molar-refractivity contribution in [2.45, 2.75) is 6.18 Å². The van der Waals surface area contributed by atoms with Crippen LogP contribution in [0, 0.1) is 0 Å².